The van der Waals surface area contributed by atoms with Crippen molar-refractivity contribution in [3.05, 3.63) is 100 Å². The molecular weight excluding hydrogens is 942 g/mol. The average molecular weight is 972 g/mol. The largest absolute Gasteiger partial charge is 0.422 e. The Bertz CT molecular complexity index is 2370. The zero-order chi connectivity index (χ0) is 44.1. The van der Waals surface area contributed by atoms with Gasteiger partial charge < -0.3 is 30.3 Å². The fourth-order valence-electron chi connectivity index (χ4n) is 8.36. The summed E-state index contributed by atoms with van der Waals surface area (Å²) in [6, 6.07) is 9.06. The summed E-state index contributed by atoms with van der Waals surface area (Å²) >= 11 is 35.4. The Labute approximate surface area is 363 Å². The number of aliphatic hydroxyl groups is 3. The number of nitrogens with one attached hydrogen (secondary N) is 3. The maximum Gasteiger partial charge on any atom is 0.422 e. The number of aromatic amines is 3. The third kappa shape index (κ3) is 7.51. The van der Waals surface area contributed by atoms with Crippen molar-refractivity contribution in [2.45, 2.75) is 93.1 Å². The number of halogens is 15. The van der Waals surface area contributed by atoms with Gasteiger partial charge in [-0.3, -0.25) is 0 Å². The molecule has 1 unspecified atom stereocenters. The summed E-state index contributed by atoms with van der Waals surface area (Å²) < 4.78 is 119. The van der Waals surface area contributed by atoms with E-state index in [1.807, 2.05) is 0 Å². The summed E-state index contributed by atoms with van der Waals surface area (Å²) in [5.74, 6) is 0. The Morgan fingerprint density at radius 1 is 0.400 bits per heavy atom. The number of hydrogen-bond donors (Lipinski definition) is 6. The van der Waals surface area contributed by atoms with Crippen LogP contribution in [0.25, 0.3) is 32.7 Å². The van der Waals surface area contributed by atoms with E-state index in [0.29, 0.717) is 68.7 Å². The van der Waals surface area contributed by atoms with Crippen LogP contribution in [0.4, 0.5) is 39.5 Å². The second-order valence-corrected chi connectivity index (χ2v) is 17.4. The van der Waals surface area contributed by atoms with E-state index in [-0.39, 0.29) is 85.7 Å². The molecule has 3 aromatic carbocycles. The molecule has 3 atom stereocenters. The quantitative estimate of drug-likeness (QED) is 0.0854. The number of aryl methyl sites for hydroxylation is 3. The van der Waals surface area contributed by atoms with Gasteiger partial charge in [-0.1, -0.05) is 69.6 Å². The van der Waals surface area contributed by atoms with Crippen molar-refractivity contribution in [2.24, 2.45) is 0 Å². The van der Waals surface area contributed by atoms with Crippen LogP contribution in [0.2, 0.25) is 30.1 Å². The smallest absolute Gasteiger partial charge is 0.375 e. The van der Waals surface area contributed by atoms with Crippen molar-refractivity contribution < 1.29 is 54.8 Å². The predicted molar refractivity (Wildman–Crippen MR) is 214 cm³/mol. The number of hydrogen-bond acceptors (Lipinski definition) is 3. The van der Waals surface area contributed by atoms with Crippen LogP contribution < -0.4 is 0 Å². The normalized spacial score (nSPS) is 23.1. The zero-order valence-corrected chi connectivity index (χ0v) is 34.9. The van der Waals surface area contributed by atoms with Gasteiger partial charge in [0.1, 0.15) is 0 Å². The lowest BCUT2D eigenvalue weighted by Crippen LogP contribution is -2.45. The maximum atomic E-state index is 13.2. The van der Waals surface area contributed by atoms with E-state index in [1.165, 1.54) is 36.4 Å². The van der Waals surface area contributed by atoms with Gasteiger partial charge in [-0.05, 0) is 111 Å². The zero-order valence-electron chi connectivity index (χ0n) is 30.3. The van der Waals surface area contributed by atoms with Crippen LogP contribution in [0, 0.1) is 0 Å². The summed E-state index contributed by atoms with van der Waals surface area (Å²) in [7, 11) is 0. The Morgan fingerprint density at radius 3 is 0.833 bits per heavy atom. The number of alkyl halides is 9. The minimum atomic E-state index is -4.73. The van der Waals surface area contributed by atoms with Crippen LogP contribution in [0.3, 0.4) is 0 Å². The molecule has 9 rings (SSSR count). The van der Waals surface area contributed by atoms with Crippen LogP contribution in [-0.4, -0.2) is 48.8 Å². The van der Waals surface area contributed by atoms with E-state index in [1.54, 1.807) is 0 Å². The van der Waals surface area contributed by atoms with Crippen molar-refractivity contribution in [3.8, 4) is 0 Å². The van der Waals surface area contributed by atoms with Gasteiger partial charge in [-0.2, -0.15) is 39.5 Å². The monoisotopic (exact) mass is 969 g/mol. The molecule has 0 fully saturated rings. The highest BCUT2D eigenvalue weighted by atomic mass is 35.5. The van der Waals surface area contributed by atoms with E-state index in [4.69, 9.17) is 69.6 Å². The molecule has 6 N–H and O–H groups in total. The summed E-state index contributed by atoms with van der Waals surface area (Å²) in [5, 5.41) is 33.6. The van der Waals surface area contributed by atoms with E-state index in [9.17, 15) is 54.8 Å². The van der Waals surface area contributed by atoms with Crippen LogP contribution >= 0.6 is 69.6 Å². The average Bonchev–Trinajstić information content (AvgIpc) is 3.81. The van der Waals surface area contributed by atoms with Gasteiger partial charge in [0, 0.05) is 32.7 Å². The molecule has 3 aliphatic rings. The van der Waals surface area contributed by atoms with E-state index in [0.717, 1.165) is 0 Å². The van der Waals surface area contributed by atoms with Gasteiger partial charge in [0.25, 0.3) is 0 Å². The molecule has 0 radical (unpaired) electrons. The van der Waals surface area contributed by atoms with Gasteiger partial charge in [-0.25, -0.2) is 0 Å². The molecule has 0 spiro atoms. The lowest BCUT2D eigenvalue weighted by Gasteiger charge is -2.33. The molecule has 0 saturated heterocycles. The minimum Gasteiger partial charge on any atom is -0.375 e. The highest BCUT2D eigenvalue weighted by Crippen LogP contribution is 2.51. The first kappa shape index (κ1) is 45.3. The van der Waals surface area contributed by atoms with E-state index >= 15 is 0 Å². The third-order valence-electron chi connectivity index (χ3n) is 11.4. The molecule has 3 aliphatic carbocycles. The lowest BCUT2D eigenvalue weighted by atomic mass is 9.82. The first-order valence-electron chi connectivity index (χ1n) is 18.1. The topological polar surface area (TPSA) is 108 Å². The van der Waals surface area contributed by atoms with Crippen molar-refractivity contribution in [2.75, 3.05) is 0 Å². The second-order valence-electron chi connectivity index (χ2n) is 15.0. The summed E-state index contributed by atoms with van der Waals surface area (Å²) in [4.78, 5) is 8.00. The van der Waals surface area contributed by atoms with Gasteiger partial charge in [0.05, 0.1) is 47.2 Å². The highest BCUT2D eigenvalue weighted by Gasteiger charge is 2.59. The third-order valence-corrected chi connectivity index (χ3v) is 13.6. The highest BCUT2D eigenvalue weighted by molar-refractivity contribution is 6.44. The Kier molecular flexibility index (Phi) is 11.7. The summed E-state index contributed by atoms with van der Waals surface area (Å²) in [6.07, 6.45) is -13.1. The number of H-pyrrole nitrogens is 3. The van der Waals surface area contributed by atoms with Gasteiger partial charge in [0.15, 0.2) is 0 Å². The number of aromatic nitrogens is 3. The molecular formula is C39H30Cl6F9N3O3. The van der Waals surface area contributed by atoms with Crippen molar-refractivity contribution in [1.82, 2.24) is 15.0 Å². The molecule has 0 amide bonds. The summed E-state index contributed by atoms with van der Waals surface area (Å²) in [5.41, 5.74) is -6.33. The fourth-order valence-corrected chi connectivity index (χ4v) is 9.34. The van der Waals surface area contributed by atoms with Crippen LogP contribution in [0.5, 0.6) is 0 Å². The first-order chi connectivity index (χ1) is 27.7. The van der Waals surface area contributed by atoms with Gasteiger partial charge >= 0.3 is 18.5 Å². The second kappa shape index (κ2) is 15.5. The number of fused-ring (bicyclic) bond motifs is 9. The standard InChI is InChI=1S/3C13H10Cl2F3NO/c3*14-8-4-7-6-2-1-3-12(20,13(16,17)18)11(6)19-10(7)5-9(8)15/h3*4-5,19-20H,1-3H2/t2*12-;/m10./s1. The molecule has 0 aliphatic heterocycles. The van der Waals surface area contributed by atoms with E-state index in [2.05, 4.69) is 15.0 Å². The first-order valence-corrected chi connectivity index (χ1v) is 20.4. The molecule has 3 heterocycles. The predicted octanol–water partition coefficient (Wildman–Crippen LogP) is 13.7. The molecule has 60 heavy (non-hydrogen) atoms. The molecule has 324 valence electrons. The molecule has 6 aromatic rings. The van der Waals surface area contributed by atoms with Crippen molar-refractivity contribution >= 4 is 102 Å². The molecule has 6 nitrogen and oxygen atoms in total. The number of benzene rings is 3. The lowest BCUT2D eigenvalue weighted by molar-refractivity contribution is -0.272. The maximum absolute atomic E-state index is 13.2. The van der Waals surface area contributed by atoms with Crippen molar-refractivity contribution in [3.63, 3.8) is 0 Å². The number of rotatable bonds is 0. The van der Waals surface area contributed by atoms with Crippen LogP contribution in [-0.2, 0) is 36.1 Å². The van der Waals surface area contributed by atoms with Gasteiger partial charge in [0.2, 0.25) is 16.8 Å². The van der Waals surface area contributed by atoms with Crippen LogP contribution in [0.15, 0.2) is 36.4 Å². The molecule has 0 bridgehead atoms. The Balaban J connectivity index is 0.000000136. The Hall–Kier alpha value is -2.73. The van der Waals surface area contributed by atoms with E-state index < -0.39 is 35.3 Å². The molecule has 3 aromatic heterocycles. The Morgan fingerprint density at radius 2 is 0.617 bits per heavy atom. The molecule has 0 saturated carbocycles. The van der Waals surface area contributed by atoms with Crippen LogP contribution in [0.1, 0.15) is 72.3 Å². The molecule has 21 heteroatoms. The van der Waals surface area contributed by atoms with Crippen molar-refractivity contribution in [1.29, 1.82) is 0 Å². The minimum absolute atomic E-state index is 0.190. The fraction of sp³-hybridized carbons (Fsp3) is 0.385. The SMILES string of the molecule is OC1(C(F)(F)F)CCCc2c1[nH]c1cc(Cl)c(Cl)cc21.O[C@@]1(C(F)(F)F)CCCc2c1[nH]c1cc(Cl)c(Cl)cc21.O[C@]1(C(F)(F)F)CCCc2c1[nH]c1cc(Cl)c(Cl)cc21. The van der Waals surface area contributed by atoms with Gasteiger partial charge in [-0.15, -0.1) is 0 Å². The summed E-state index contributed by atoms with van der Waals surface area (Å²) in [6.45, 7) is 0.